The summed E-state index contributed by atoms with van der Waals surface area (Å²) in [4.78, 5) is 17.9. The molecule has 3 atom stereocenters. The number of hydrogen-bond acceptors (Lipinski definition) is 7. The Labute approximate surface area is 178 Å². The van der Waals surface area contributed by atoms with Crippen molar-refractivity contribution in [3.8, 4) is 0 Å². The van der Waals surface area contributed by atoms with Gasteiger partial charge < -0.3 is 10.2 Å². The van der Waals surface area contributed by atoms with Crippen molar-refractivity contribution in [3.63, 3.8) is 0 Å². The Morgan fingerprint density at radius 2 is 1.78 bits per heavy atom. The van der Waals surface area contributed by atoms with Gasteiger partial charge in [0.25, 0.3) is 6.43 Å². The highest BCUT2D eigenvalue weighted by Gasteiger charge is 2.42. The maximum absolute atomic E-state index is 12.9. The summed E-state index contributed by atoms with van der Waals surface area (Å²) in [5.41, 5.74) is -0.258. The quantitative estimate of drug-likeness (QED) is 0.593. The highest BCUT2D eigenvalue weighted by molar-refractivity contribution is 5.71. The second kappa shape index (κ2) is 7.78. The molecule has 0 amide bonds. The lowest BCUT2D eigenvalue weighted by Crippen LogP contribution is -2.26. The number of rotatable bonds is 5. The van der Waals surface area contributed by atoms with E-state index in [-0.39, 0.29) is 11.9 Å². The molecule has 1 N–H and O–H groups in total. The molecule has 4 heterocycles. The Balaban J connectivity index is 1.23. The van der Waals surface area contributed by atoms with Crippen LogP contribution in [0.25, 0.3) is 11.2 Å². The van der Waals surface area contributed by atoms with Gasteiger partial charge in [-0.1, -0.05) is 0 Å². The molecule has 8 nitrogen and oxygen atoms in total. The topological polar surface area (TPSA) is 84.7 Å². The molecule has 1 aliphatic heterocycles. The van der Waals surface area contributed by atoms with Crippen LogP contribution in [0.15, 0.2) is 24.8 Å². The van der Waals surface area contributed by atoms with Crippen molar-refractivity contribution in [2.45, 2.75) is 38.0 Å². The lowest BCUT2D eigenvalue weighted by molar-refractivity contribution is -0.141. The molecule has 3 aromatic rings. The fourth-order valence-corrected chi connectivity index (χ4v) is 4.64. The maximum Gasteiger partial charge on any atom is 0.434 e. The van der Waals surface area contributed by atoms with Crippen molar-refractivity contribution in [1.29, 1.82) is 0 Å². The summed E-state index contributed by atoms with van der Waals surface area (Å²) >= 11 is 0. The van der Waals surface area contributed by atoms with Gasteiger partial charge in [-0.25, -0.2) is 28.4 Å². The van der Waals surface area contributed by atoms with E-state index in [9.17, 15) is 22.0 Å². The minimum Gasteiger partial charge on any atom is -0.366 e. The summed E-state index contributed by atoms with van der Waals surface area (Å²) in [6.07, 6.45) is -0.414. The third kappa shape index (κ3) is 4.02. The Morgan fingerprint density at radius 1 is 1.03 bits per heavy atom. The summed E-state index contributed by atoms with van der Waals surface area (Å²) in [6, 6.07) is 0.109. The van der Waals surface area contributed by atoms with Crippen LogP contribution in [0.3, 0.4) is 0 Å². The SMILES string of the molecule is FC(F)Cn1ncc2ncc(N[C@H]3C[C@@H]4CN(c5cncc(C(F)(F)F)n5)C[C@@H]4C3)nc21. The number of halogens is 5. The van der Waals surface area contributed by atoms with Gasteiger partial charge in [0.2, 0.25) is 0 Å². The first-order valence-corrected chi connectivity index (χ1v) is 10.1. The van der Waals surface area contributed by atoms with Crippen LogP contribution in [-0.4, -0.2) is 55.3 Å². The van der Waals surface area contributed by atoms with Gasteiger partial charge in [0.05, 0.1) is 24.8 Å². The van der Waals surface area contributed by atoms with Crippen molar-refractivity contribution in [2.75, 3.05) is 23.3 Å². The Hall–Kier alpha value is -3.12. The van der Waals surface area contributed by atoms with Gasteiger partial charge in [0, 0.05) is 19.1 Å². The number of nitrogens with zero attached hydrogens (tertiary/aromatic N) is 7. The third-order valence-corrected chi connectivity index (χ3v) is 6.00. The van der Waals surface area contributed by atoms with Gasteiger partial charge in [0.1, 0.15) is 23.7 Å². The fourth-order valence-electron chi connectivity index (χ4n) is 4.64. The van der Waals surface area contributed by atoms with Crippen LogP contribution < -0.4 is 10.2 Å². The zero-order valence-corrected chi connectivity index (χ0v) is 16.7. The van der Waals surface area contributed by atoms with Crippen LogP contribution in [-0.2, 0) is 12.7 Å². The average molecular weight is 454 g/mol. The molecule has 32 heavy (non-hydrogen) atoms. The molecule has 1 saturated carbocycles. The van der Waals surface area contributed by atoms with Crippen molar-refractivity contribution in [2.24, 2.45) is 11.8 Å². The summed E-state index contributed by atoms with van der Waals surface area (Å²) < 4.78 is 65.4. The minimum atomic E-state index is -4.53. The molecule has 0 unspecified atom stereocenters. The van der Waals surface area contributed by atoms with E-state index in [4.69, 9.17) is 0 Å². The maximum atomic E-state index is 12.9. The van der Waals surface area contributed by atoms with Crippen LogP contribution in [0, 0.1) is 11.8 Å². The van der Waals surface area contributed by atoms with Crippen LogP contribution in [0.4, 0.5) is 33.6 Å². The first-order chi connectivity index (χ1) is 15.3. The highest BCUT2D eigenvalue weighted by atomic mass is 19.4. The summed E-state index contributed by atoms with van der Waals surface area (Å²) in [7, 11) is 0. The van der Waals surface area contributed by atoms with E-state index in [1.54, 1.807) is 6.20 Å². The average Bonchev–Trinajstić information content (AvgIpc) is 3.41. The Bertz CT molecular complexity index is 1100. The largest absolute Gasteiger partial charge is 0.434 e. The Kier molecular flexibility index (Phi) is 5.05. The van der Waals surface area contributed by atoms with Gasteiger partial charge >= 0.3 is 6.18 Å². The standard InChI is InChI=1S/C19H19F5N8/c20-15(21)9-32-18-13(3-27-32)26-5-16(30-18)28-12-1-10-7-31(8-11(10)2-12)17-6-25-4-14(29-17)19(22,23)24/h3-6,10-12,15H,1-2,7-9H2,(H,28,30)/t10-,11+,12+. The number of nitrogens with one attached hydrogen (secondary N) is 1. The molecule has 13 heteroatoms. The molecule has 5 rings (SSSR count). The zero-order chi connectivity index (χ0) is 22.5. The first kappa shape index (κ1) is 20.8. The number of fused-ring (bicyclic) bond motifs is 2. The van der Waals surface area contributed by atoms with Crippen molar-refractivity contribution in [1.82, 2.24) is 29.7 Å². The van der Waals surface area contributed by atoms with E-state index in [0.29, 0.717) is 41.9 Å². The molecule has 2 fully saturated rings. The second-order valence-corrected chi connectivity index (χ2v) is 8.18. The molecule has 3 aromatic heterocycles. The molecule has 2 aliphatic rings. The predicted octanol–water partition coefficient (Wildman–Crippen LogP) is 3.23. The van der Waals surface area contributed by atoms with E-state index in [1.165, 1.54) is 12.4 Å². The lowest BCUT2D eigenvalue weighted by Gasteiger charge is -2.21. The molecule has 0 bridgehead atoms. The first-order valence-electron chi connectivity index (χ1n) is 10.1. The van der Waals surface area contributed by atoms with Crippen molar-refractivity contribution in [3.05, 3.63) is 30.5 Å². The number of anilines is 2. The summed E-state index contributed by atoms with van der Waals surface area (Å²) in [6.45, 7) is 0.652. The Morgan fingerprint density at radius 3 is 2.47 bits per heavy atom. The molecule has 0 radical (unpaired) electrons. The van der Waals surface area contributed by atoms with Gasteiger partial charge in [-0.2, -0.15) is 18.3 Å². The van der Waals surface area contributed by atoms with E-state index < -0.39 is 24.8 Å². The third-order valence-electron chi connectivity index (χ3n) is 6.00. The predicted molar refractivity (Wildman–Crippen MR) is 104 cm³/mol. The van der Waals surface area contributed by atoms with Gasteiger partial charge in [-0.3, -0.25) is 4.98 Å². The molecule has 0 aromatic carbocycles. The molecular weight excluding hydrogens is 435 g/mol. The molecule has 0 spiro atoms. The van der Waals surface area contributed by atoms with Gasteiger partial charge in [-0.05, 0) is 24.7 Å². The van der Waals surface area contributed by atoms with Crippen LogP contribution >= 0.6 is 0 Å². The highest BCUT2D eigenvalue weighted by Crippen LogP contribution is 2.40. The van der Waals surface area contributed by atoms with Crippen LogP contribution in [0.1, 0.15) is 18.5 Å². The van der Waals surface area contributed by atoms with Crippen LogP contribution in [0.2, 0.25) is 0 Å². The molecule has 170 valence electrons. The lowest BCUT2D eigenvalue weighted by atomic mass is 10.0. The normalized spacial score (nSPS) is 23.3. The summed E-state index contributed by atoms with van der Waals surface area (Å²) in [5, 5.41) is 7.23. The zero-order valence-electron chi connectivity index (χ0n) is 16.7. The van der Waals surface area contributed by atoms with Gasteiger partial charge in [-0.15, -0.1) is 0 Å². The van der Waals surface area contributed by atoms with Crippen molar-refractivity contribution < 1.29 is 22.0 Å². The monoisotopic (exact) mass is 454 g/mol. The van der Waals surface area contributed by atoms with Gasteiger partial charge in [0.15, 0.2) is 11.3 Å². The molecule has 1 aliphatic carbocycles. The van der Waals surface area contributed by atoms with E-state index in [2.05, 4.69) is 30.4 Å². The molecule has 1 saturated heterocycles. The van der Waals surface area contributed by atoms with E-state index in [1.807, 2.05) is 4.90 Å². The van der Waals surface area contributed by atoms with Crippen molar-refractivity contribution >= 4 is 22.8 Å². The van der Waals surface area contributed by atoms with E-state index in [0.717, 1.165) is 23.7 Å². The number of hydrogen-bond donors (Lipinski definition) is 1. The number of alkyl halides is 5. The fraction of sp³-hybridized carbons (Fsp3) is 0.526. The minimum absolute atomic E-state index is 0.109. The second-order valence-electron chi connectivity index (χ2n) is 8.18. The summed E-state index contributed by atoms with van der Waals surface area (Å²) in [5.74, 6) is 1.32. The smallest absolute Gasteiger partial charge is 0.366 e. The number of aromatic nitrogens is 6. The van der Waals surface area contributed by atoms with Crippen LogP contribution in [0.5, 0.6) is 0 Å². The molecular formula is C19H19F5N8. The van der Waals surface area contributed by atoms with E-state index >= 15 is 0 Å².